The fraction of sp³-hybridized carbons (Fsp3) is 0.390. The zero-order chi connectivity index (χ0) is 38.5. The average Bonchev–Trinajstić information content (AvgIpc) is 3.48. The Morgan fingerprint density at radius 2 is 1.77 bits per heavy atom. The van der Waals surface area contributed by atoms with Gasteiger partial charge < -0.3 is 24.8 Å². The number of fused-ring (bicyclic) bond motifs is 1. The van der Waals surface area contributed by atoms with Crippen LogP contribution in [0.3, 0.4) is 0 Å². The van der Waals surface area contributed by atoms with Crippen LogP contribution in [0.5, 0.6) is 0 Å². The van der Waals surface area contributed by atoms with Crippen molar-refractivity contribution < 1.29 is 19.1 Å². The molecule has 1 aliphatic rings. The van der Waals surface area contributed by atoms with Crippen LogP contribution in [0.1, 0.15) is 81.9 Å². The van der Waals surface area contributed by atoms with E-state index in [1.165, 1.54) is 6.08 Å². The van der Waals surface area contributed by atoms with Crippen LogP contribution in [0.2, 0.25) is 5.02 Å². The first-order chi connectivity index (χ1) is 25.0. The summed E-state index contributed by atoms with van der Waals surface area (Å²) < 4.78 is 7.75. The number of imidazole rings is 1. The number of likely N-dealkylation sites (tertiary alicyclic amines) is 1. The van der Waals surface area contributed by atoms with Gasteiger partial charge in [0.1, 0.15) is 18.2 Å². The third-order valence-electron chi connectivity index (χ3n) is 9.52. The van der Waals surface area contributed by atoms with Gasteiger partial charge in [-0.15, -0.1) is 0 Å². The maximum absolute atomic E-state index is 13.6. The molecule has 1 unspecified atom stereocenters. The van der Waals surface area contributed by atoms with E-state index in [-0.39, 0.29) is 48.0 Å². The van der Waals surface area contributed by atoms with Crippen LogP contribution < -0.4 is 11.1 Å². The summed E-state index contributed by atoms with van der Waals surface area (Å²) in [7, 11) is 0. The van der Waals surface area contributed by atoms with E-state index in [9.17, 15) is 19.6 Å². The van der Waals surface area contributed by atoms with Gasteiger partial charge in [0, 0.05) is 41.8 Å². The lowest BCUT2D eigenvalue weighted by atomic mass is 9.87. The van der Waals surface area contributed by atoms with E-state index in [4.69, 9.17) is 27.1 Å². The molecule has 4 aromatic rings. The Bertz CT molecular complexity index is 2020. The molecule has 53 heavy (non-hydrogen) atoms. The number of carbonyl (C=O) groups excluding carboxylic acids is 3. The van der Waals surface area contributed by atoms with Gasteiger partial charge in [-0.3, -0.25) is 14.9 Å². The molecule has 1 saturated heterocycles. The van der Waals surface area contributed by atoms with Crippen LogP contribution in [0, 0.1) is 16.7 Å². The van der Waals surface area contributed by atoms with Gasteiger partial charge in [-0.25, -0.2) is 9.78 Å². The number of nitrogens with zero attached hydrogens (tertiary/aromatic N) is 5. The van der Waals surface area contributed by atoms with E-state index in [0.29, 0.717) is 48.0 Å². The summed E-state index contributed by atoms with van der Waals surface area (Å²) in [6.07, 6.45) is 2.45. The highest BCUT2D eigenvalue weighted by Crippen LogP contribution is 2.33. The van der Waals surface area contributed by atoms with E-state index >= 15 is 0 Å². The minimum absolute atomic E-state index is 0.00844. The van der Waals surface area contributed by atoms with Gasteiger partial charge in [-0.2, -0.15) is 5.26 Å². The molecule has 12 heteroatoms. The predicted molar refractivity (Wildman–Crippen MR) is 207 cm³/mol. The summed E-state index contributed by atoms with van der Waals surface area (Å²) in [6.45, 7) is 12.9. The molecule has 0 spiro atoms. The Kier molecular flexibility index (Phi) is 12.0. The molecule has 0 radical (unpaired) electrons. The second kappa shape index (κ2) is 16.2. The number of ether oxygens (including phenoxy) is 1. The number of hydrogen-bond donors (Lipinski definition) is 2. The lowest BCUT2D eigenvalue weighted by molar-refractivity contribution is -0.128. The second-order valence-electron chi connectivity index (χ2n) is 15.3. The van der Waals surface area contributed by atoms with Crippen LogP contribution in [-0.2, 0) is 22.7 Å². The third kappa shape index (κ3) is 9.83. The summed E-state index contributed by atoms with van der Waals surface area (Å²) in [6, 6.07) is 23.5. The van der Waals surface area contributed by atoms with Crippen molar-refractivity contribution in [2.24, 2.45) is 11.1 Å². The molecule has 3 amide bonds. The van der Waals surface area contributed by atoms with Gasteiger partial charge in [0.2, 0.25) is 5.95 Å². The van der Waals surface area contributed by atoms with Crippen molar-refractivity contribution in [2.75, 3.05) is 18.4 Å². The molecule has 2 atom stereocenters. The Hall–Kier alpha value is -5.18. The van der Waals surface area contributed by atoms with Crippen LogP contribution in [0.15, 0.2) is 84.4 Å². The number of carbonyl (C=O) groups is 3. The van der Waals surface area contributed by atoms with E-state index < -0.39 is 11.6 Å². The third-order valence-corrected chi connectivity index (χ3v) is 9.77. The molecule has 1 aromatic heterocycles. The molecular formula is C41H48ClN7O4. The first-order valence-electron chi connectivity index (χ1n) is 17.8. The number of halogens is 1. The maximum atomic E-state index is 13.6. The first-order valence-corrected chi connectivity index (χ1v) is 18.2. The highest BCUT2D eigenvalue weighted by atomic mass is 35.5. The fourth-order valence-corrected chi connectivity index (χ4v) is 6.46. The number of hydrogen-bond acceptors (Lipinski definition) is 7. The highest BCUT2D eigenvalue weighted by Gasteiger charge is 2.33. The van der Waals surface area contributed by atoms with Crippen LogP contribution in [0.4, 0.5) is 10.7 Å². The second-order valence-corrected chi connectivity index (χ2v) is 15.8. The fourth-order valence-electron chi connectivity index (χ4n) is 6.34. The van der Waals surface area contributed by atoms with Crippen molar-refractivity contribution in [3.05, 3.63) is 106 Å². The Morgan fingerprint density at radius 3 is 2.42 bits per heavy atom. The van der Waals surface area contributed by atoms with Crippen LogP contribution in [-0.4, -0.2) is 61.9 Å². The van der Waals surface area contributed by atoms with E-state index in [2.05, 4.69) is 26.1 Å². The van der Waals surface area contributed by atoms with Crippen molar-refractivity contribution in [2.45, 2.75) is 85.2 Å². The van der Waals surface area contributed by atoms with Crippen molar-refractivity contribution in [1.82, 2.24) is 19.4 Å². The summed E-state index contributed by atoms with van der Waals surface area (Å²) in [5, 5.41) is 13.3. The molecule has 2 heterocycles. The number of nitrogens with two attached hydrogens (primary N) is 1. The van der Waals surface area contributed by atoms with Crippen LogP contribution in [0.25, 0.3) is 11.0 Å². The molecule has 3 aromatic carbocycles. The molecule has 11 nitrogen and oxygen atoms in total. The van der Waals surface area contributed by atoms with Crippen molar-refractivity contribution >= 4 is 46.5 Å². The number of nitrogens with one attached hydrogen (secondary N) is 1. The molecule has 278 valence electrons. The summed E-state index contributed by atoms with van der Waals surface area (Å²) >= 11 is 6.08. The molecule has 5 rings (SSSR count). The Labute approximate surface area is 316 Å². The molecule has 0 aliphatic carbocycles. The number of aromatic nitrogens is 2. The SMILES string of the molecule is C[C@H](N(Cc1ccc2c(c1)nc(NC(=O)c1ccc(Cl)cc1)n2C1CCCN(C(=O)C(C#N)=CC(C)(C)N)C1)C(=O)OCc1ccccc1)C(C)(C)C. The monoisotopic (exact) mass is 737 g/mol. The first kappa shape index (κ1) is 39.0. The number of amides is 3. The van der Waals surface area contributed by atoms with Crippen molar-refractivity contribution in [3.63, 3.8) is 0 Å². The summed E-state index contributed by atoms with van der Waals surface area (Å²) in [4.78, 5) is 49.0. The summed E-state index contributed by atoms with van der Waals surface area (Å²) in [5.74, 6) is -0.437. The lowest BCUT2D eigenvalue weighted by Crippen LogP contribution is -2.45. The number of nitriles is 1. The minimum Gasteiger partial charge on any atom is -0.445 e. The Morgan fingerprint density at radius 1 is 1.08 bits per heavy atom. The number of piperidine rings is 1. The zero-order valence-corrected chi connectivity index (χ0v) is 32.0. The quantitative estimate of drug-likeness (QED) is 0.124. The predicted octanol–water partition coefficient (Wildman–Crippen LogP) is 7.87. The average molecular weight is 738 g/mol. The van der Waals surface area contributed by atoms with E-state index in [1.54, 1.807) is 47.9 Å². The highest BCUT2D eigenvalue weighted by molar-refractivity contribution is 6.30. The smallest absolute Gasteiger partial charge is 0.410 e. The van der Waals surface area contributed by atoms with Gasteiger partial charge in [0.25, 0.3) is 11.8 Å². The molecular weight excluding hydrogens is 690 g/mol. The summed E-state index contributed by atoms with van der Waals surface area (Å²) in [5.41, 5.74) is 8.53. The molecule has 1 aliphatic heterocycles. The van der Waals surface area contributed by atoms with Crippen molar-refractivity contribution in [1.29, 1.82) is 5.26 Å². The van der Waals surface area contributed by atoms with Gasteiger partial charge in [-0.1, -0.05) is 68.8 Å². The standard InChI is InChI=1S/C41H48ClN7O4/c1-27(40(2,3)4)48(39(52)53-26-28-11-8-7-9-12-28)24-29-14-19-35-34(21-29)45-38(46-36(50)30-15-17-32(42)18-16-30)49(35)33-13-10-20-47(25-33)37(51)31(23-43)22-41(5,6)44/h7-9,11-12,14-19,21-22,27,33H,10,13,20,24-26,44H2,1-6H3,(H,45,46,50)/t27-,33?/m0/s1. The minimum atomic E-state index is -0.841. The van der Waals surface area contributed by atoms with Gasteiger partial charge in [0.15, 0.2) is 0 Å². The Balaban J connectivity index is 1.49. The normalized spacial score (nSPS) is 15.8. The molecule has 3 N–H and O–H groups in total. The number of benzene rings is 3. The largest absolute Gasteiger partial charge is 0.445 e. The van der Waals surface area contributed by atoms with Gasteiger partial charge >= 0.3 is 6.09 Å². The lowest BCUT2D eigenvalue weighted by Gasteiger charge is -2.37. The molecule has 1 fully saturated rings. The zero-order valence-electron chi connectivity index (χ0n) is 31.2. The van der Waals surface area contributed by atoms with E-state index in [0.717, 1.165) is 16.6 Å². The van der Waals surface area contributed by atoms with Crippen molar-refractivity contribution in [3.8, 4) is 6.07 Å². The topological polar surface area (TPSA) is 147 Å². The van der Waals surface area contributed by atoms with Gasteiger partial charge in [-0.05, 0) is 92.6 Å². The maximum Gasteiger partial charge on any atom is 0.410 e. The van der Waals surface area contributed by atoms with Crippen LogP contribution >= 0.6 is 11.6 Å². The molecule has 0 bridgehead atoms. The number of rotatable bonds is 10. The van der Waals surface area contributed by atoms with E-state index in [1.807, 2.05) is 66.1 Å². The van der Waals surface area contributed by atoms with Gasteiger partial charge in [0.05, 0.1) is 17.1 Å². The molecule has 0 saturated carbocycles. The number of anilines is 1.